The van der Waals surface area contributed by atoms with E-state index < -0.39 is 0 Å². The topological polar surface area (TPSA) is 35.2 Å². The Morgan fingerprint density at radius 1 is 1.08 bits per heavy atom. The van der Waals surface area contributed by atoms with Gasteiger partial charge in [0.15, 0.2) is 0 Å². The van der Waals surface area contributed by atoms with Gasteiger partial charge in [-0.05, 0) is 23.6 Å². The molecule has 1 aromatic rings. The fraction of sp³-hybridized carbons (Fsp3) is 0.455. The highest BCUT2D eigenvalue weighted by Crippen LogP contribution is 2.14. The molecule has 0 saturated heterocycles. The Hall–Kier alpha value is -1.02. The zero-order valence-electron chi connectivity index (χ0n) is 8.87. The van der Waals surface area contributed by atoms with E-state index in [2.05, 4.69) is 30.7 Å². The van der Waals surface area contributed by atoms with Crippen LogP contribution in [0.2, 0.25) is 0 Å². The zero-order valence-corrected chi connectivity index (χ0v) is 8.87. The number of methoxy groups -OCH3 is 1. The van der Waals surface area contributed by atoms with Crippen LogP contribution < -0.4 is 5.73 Å². The summed E-state index contributed by atoms with van der Waals surface area (Å²) in [5, 5.41) is 0. The minimum Gasteiger partial charge on any atom is -0.399 e. The van der Waals surface area contributed by atoms with Crippen molar-refractivity contribution in [1.82, 2.24) is 0 Å². The van der Waals surface area contributed by atoms with E-state index in [4.69, 9.17) is 5.73 Å². The third-order valence-electron chi connectivity index (χ3n) is 1.60. The minimum atomic E-state index is 0.598. The molecule has 1 aromatic carbocycles. The number of hydrogen-bond donors (Lipinski definition) is 1. The van der Waals surface area contributed by atoms with E-state index in [1.54, 1.807) is 14.2 Å². The van der Waals surface area contributed by atoms with Crippen LogP contribution in [0.4, 0.5) is 5.69 Å². The molecule has 13 heavy (non-hydrogen) atoms. The quantitative estimate of drug-likeness (QED) is 0.676. The zero-order chi connectivity index (χ0) is 10.3. The van der Waals surface area contributed by atoms with Crippen molar-refractivity contribution >= 4 is 5.69 Å². The molecule has 2 nitrogen and oxygen atoms in total. The molecule has 0 aliphatic heterocycles. The van der Waals surface area contributed by atoms with Gasteiger partial charge in [0.25, 0.3) is 0 Å². The number of nitrogens with two attached hydrogens (primary N) is 1. The Morgan fingerprint density at radius 3 is 1.77 bits per heavy atom. The van der Waals surface area contributed by atoms with Gasteiger partial charge in [-0.15, -0.1) is 0 Å². The first-order chi connectivity index (χ1) is 6.11. The molecule has 2 N–H and O–H groups in total. The fourth-order valence-electron chi connectivity index (χ4n) is 0.881. The average molecular weight is 181 g/mol. The smallest absolute Gasteiger partial charge is 0.0351 e. The Bertz CT molecular complexity index is 216. The van der Waals surface area contributed by atoms with Crippen molar-refractivity contribution in [3.8, 4) is 0 Å². The van der Waals surface area contributed by atoms with Gasteiger partial charge in [0.05, 0.1) is 0 Å². The lowest BCUT2D eigenvalue weighted by Crippen LogP contribution is -1.88. The van der Waals surface area contributed by atoms with Gasteiger partial charge in [0, 0.05) is 19.9 Å². The Labute approximate surface area is 80.7 Å². The molecule has 0 spiro atoms. The van der Waals surface area contributed by atoms with Crippen LogP contribution in [-0.4, -0.2) is 14.2 Å². The van der Waals surface area contributed by atoms with Gasteiger partial charge in [0.2, 0.25) is 0 Å². The predicted molar refractivity (Wildman–Crippen MR) is 57.9 cm³/mol. The van der Waals surface area contributed by atoms with Gasteiger partial charge in [-0.3, -0.25) is 0 Å². The molecule has 74 valence electrons. The van der Waals surface area contributed by atoms with Crippen molar-refractivity contribution < 1.29 is 4.74 Å². The lowest BCUT2D eigenvalue weighted by atomic mass is 10.0. The summed E-state index contributed by atoms with van der Waals surface area (Å²) in [5.41, 5.74) is 7.71. The Balaban J connectivity index is 0.000000424. The van der Waals surface area contributed by atoms with Crippen LogP contribution in [0.1, 0.15) is 25.3 Å². The van der Waals surface area contributed by atoms with Crippen molar-refractivity contribution in [1.29, 1.82) is 0 Å². The molecule has 0 atom stereocenters. The van der Waals surface area contributed by atoms with Crippen LogP contribution in [0, 0.1) is 0 Å². The first kappa shape index (κ1) is 12.0. The molecule has 0 bridgehead atoms. The number of hydrogen-bond acceptors (Lipinski definition) is 2. The van der Waals surface area contributed by atoms with Gasteiger partial charge >= 0.3 is 0 Å². The van der Waals surface area contributed by atoms with Crippen LogP contribution in [0.15, 0.2) is 24.3 Å². The van der Waals surface area contributed by atoms with Gasteiger partial charge < -0.3 is 10.5 Å². The monoisotopic (exact) mass is 181 g/mol. The summed E-state index contributed by atoms with van der Waals surface area (Å²) in [7, 11) is 3.25. The molecule has 0 heterocycles. The number of rotatable bonds is 1. The molecule has 0 fully saturated rings. The maximum Gasteiger partial charge on any atom is 0.0351 e. The molecule has 1 rings (SSSR count). The standard InChI is InChI=1S/C9H13N.C2H6O/c1-7(2)8-3-5-9(10)6-4-8;1-3-2/h3-7H,10H2,1-2H3;1-2H3. The van der Waals surface area contributed by atoms with Gasteiger partial charge in [-0.2, -0.15) is 0 Å². The van der Waals surface area contributed by atoms with Crippen LogP contribution in [0.5, 0.6) is 0 Å². The largest absolute Gasteiger partial charge is 0.399 e. The van der Waals surface area contributed by atoms with E-state index in [1.807, 2.05) is 12.1 Å². The third kappa shape index (κ3) is 5.26. The highest BCUT2D eigenvalue weighted by atomic mass is 16.4. The first-order valence-electron chi connectivity index (χ1n) is 4.37. The molecule has 0 aliphatic carbocycles. The molecular weight excluding hydrogens is 162 g/mol. The highest BCUT2D eigenvalue weighted by Gasteiger charge is 1.95. The number of benzene rings is 1. The van der Waals surface area contributed by atoms with E-state index in [0.717, 1.165) is 5.69 Å². The maximum atomic E-state index is 5.53. The third-order valence-corrected chi connectivity index (χ3v) is 1.60. The second kappa shape index (κ2) is 6.49. The van der Waals surface area contributed by atoms with Crippen molar-refractivity contribution in [3.63, 3.8) is 0 Å². The highest BCUT2D eigenvalue weighted by molar-refractivity contribution is 5.39. The molecule has 0 unspecified atom stereocenters. The van der Waals surface area contributed by atoms with Crippen LogP contribution in [0.3, 0.4) is 0 Å². The second-order valence-corrected chi connectivity index (χ2v) is 3.23. The first-order valence-corrected chi connectivity index (χ1v) is 4.37. The van der Waals surface area contributed by atoms with E-state index in [-0.39, 0.29) is 0 Å². The van der Waals surface area contributed by atoms with E-state index in [0.29, 0.717) is 5.92 Å². The minimum absolute atomic E-state index is 0.598. The van der Waals surface area contributed by atoms with Crippen molar-refractivity contribution in [2.45, 2.75) is 19.8 Å². The molecule has 2 heteroatoms. The predicted octanol–water partition coefficient (Wildman–Crippen LogP) is 2.65. The molecule has 0 amide bonds. The lowest BCUT2D eigenvalue weighted by molar-refractivity contribution is 0.277. The van der Waals surface area contributed by atoms with Gasteiger partial charge in [-0.1, -0.05) is 26.0 Å². The maximum absolute atomic E-state index is 5.53. The number of nitrogen functional groups attached to an aromatic ring is 1. The van der Waals surface area contributed by atoms with Crippen molar-refractivity contribution in [3.05, 3.63) is 29.8 Å². The number of ether oxygens (including phenoxy) is 1. The average Bonchev–Trinajstić information content (AvgIpc) is 2.06. The Kier molecular flexibility index (Phi) is 5.98. The van der Waals surface area contributed by atoms with Crippen LogP contribution in [-0.2, 0) is 4.74 Å². The molecular formula is C11H19NO. The summed E-state index contributed by atoms with van der Waals surface area (Å²) in [6, 6.07) is 8.02. The van der Waals surface area contributed by atoms with E-state index in [9.17, 15) is 0 Å². The molecule has 0 saturated carbocycles. The summed E-state index contributed by atoms with van der Waals surface area (Å²) >= 11 is 0. The lowest BCUT2D eigenvalue weighted by Gasteiger charge is -2.03. The van der Waals surface area contributed by atoms with E-state index in [1.165, 1.54) is 5.56 Å². The van der Waals surface area contributed by atoms with Crippen LogP contribution in [0.25, 0.3) is 0 Å². The van der Waals surface area contributed by atoms with Crippen molar-refractivity contribution in [2.24, 2.45) is 0 Å². The molecule has 0 aliphatic rings. The normalized spacial score (nSPS) is 9.31. The summed E-state index contributed by atoms with van der Waals surface area (Å²) in [5.74, 6) is 0.598. The van der Waals surface area contributed by atoms with Crippen LogP contribution >= 0.6 is 0 Å². The van der Waals surface area contributed by atoms with Gasteiger partial charge in [-0.25, -0.2) is 0 Å². The summed E-state index contributed by atoms with van der Waals surface area (Å²) in [4.78, 5) is 0. The summed E-state index contributed by atoms with van der Waals surface area (Å²) in [6.45, 7) is 4.34. The molecule has 0 aromatic heterocycles. The summed E-state index contributed by atoms with van der Waals surface area (Å²) < 4.78 is 4.25. The number of anilines is 1. The van der Waals surface area contributed by atoms with E-state index >= 15 is 0 Å². The SMILES string of the molecule is CC(C)c1ccc(N)cc1.COC. The fourth-order valence-corrected chi connectivity index (χ4v) is 0.881. The molecule has 0 radical (unpaired) electrons. The second-order valence-electron chi connectivity index (χ2n) is 3.23. The summed E-state index contributed by atoms with van der Waals surface area (Å²) in [6.07, 6.45) is 0. The Morgan fingerprint density at radius 2 is 1.46 bits per heavy atom. The van der Waals surface area contributed by atoms with Crippen molar-refractivity contribution in [2.75, 3.05) is 20.0 Å². The van der Waals surface area contributed by atoms with Gasteiger partial charge in [0.1, 0.15) is 0 Å².